The number of nitrogens with two attached hydrogens (primary N) is 1. The highest BCUT2D eigenvalue weighted by Gasteiger charge is 2.34. The summed E-state index contributed by atoms with van der Waals surface area (Å²) in [4.78, 5) is 17.0. The Kier molecular flexibility index (Phi) is 6.86. The van der Waals surface area contributed by atoms with Crippen molar-refractivity contribution in [1.82, 2.24) is 9.29 Å². The topological polar surface area (TPSA) is 117 Å². The number of pyridine rings is 1. The minimum atomic E-state index is -4.60. The number of sulfonamides is 1. The van der Waals surface area contributed by atoms with E-state index in [1.54, 1.807) is 18.2 Å². The SMILES string of the molecule is NC(=O)c1ccccc1-c1ccc(S(=O)(=O)N2CCN(c3cc(C(F)(F)F)cc(Cl)n3)CC2)cc1O. The molecule has 2 aromatic carbocycles. The van der Waals surface area contributed by atoms with Gasteiger partial charge in [-0.25, -0.2) is 13.4 Å². The summed E-state index contributed by atoms with van der Waals surface area (Å²) < 4.78 is 66.9. The van der Waals surface area contributed by atoms with Crippen LogP contribution in [0.15, 0.2) is 59.5 Å². The molecule has 0 radical (unpaired) electrons. The number of halogens is 4. The number of carbonyl (C=O) groups excluding carboxylic acids is 1. The summed E-state index contributed by atoms with van der Waals surface area (Å²) in [5.41, 5.74) is 5.21. The van der Waals surface area contributed by atoms with Crippen LogP contribution in [0.25, 0.3) is 11.1 Å². The predicted octanol–water partition coefficient (Wildman–Crippen LogP) is 3.74. The molecule has 8 nitrogen and oxygen atoms in total. The van der Waals surface area contributed by atoms with Gasteiger partial charge in [0, 0.05) is 43.4 Å². The van der Waals surface area contributed by atoms with E-state index in [9.17, 15) is 31.5 Å². The number of nitrogens with zero attached hydrogens (tertiary/aromatic N) is 3. The zero-order chi connectivity index (χ0) is 26.3. The molecule has 1 aliphatic rings. The van der Waals surface area contributed by atoms with E-state index in [4.69, 9.17) is 17.3 Å². The summed E-state index contributed by atoms with van der Waals surface area (Å²) in [7, 11) is -4.03. The molecule has 1 fully saturated rings. The van der Waals surface area contributed by atoms with E-state index in [0.717, 1.165) is 18.2 Å². The third-order valence-corrected chi connectivity index (χ3v) is 7.85. The minimum Gasteiger partial charge on any atom is -0.507 e. The number of aromatic hydroxyl groups is 1. The van der Waals surface area contributed by atoms with Gasteiger partial charge in [-0.2, -0.15) is 17.5 Å². The molecule has 1 amide bonds. The first kappa shape index (κ1) is 25.7. The van der Waals surface area contributed by atoms with E-state index >= 15 is 0 Å². The lowest BCUT2D eigenvalue weighted by Crippen LogP contribution is -2.49. The predicted molar refractivity (Wildman–Crippen MR) is 127 cm³/mol. The van der Waals surface area contributed by atoms with Gasteiger partial charge in [0.25, 0.3) is 0 Å². The van der Waals surface area contributed by atoms with E-state index in [2.05, 4.69) is 4.98 Å². The second-order valence-corrected chi connectivity index (χ2v) is 10.3. The molecular weight excluding hydrogens is 521 g/mol. The zero-order valence-corrected chi connectivity index (χ0v) is 20.1. The summed E-state index contributed by atoms with van der Waals surface area (Å²) in [6.07, 6.45) is -4.60. The average Bonchev–Trinajstić information content (AvgIpc) is 2.83. The molecule has 0 spiro atoms. The fourth-order valence-electron chi connectivity index (χ4n) is 3.95. The molecule has 1 aromatic heterocycles. The molecule has 13 heteroatoms. The Morgan fingerprint density at radius 1 is 1.00 bits per heavy atom. The lowest BCUT2D eigenvalue weighted by atomic mass is 9.98. The molecule has 3 N–H and O–H groups in total. The van der Waals surface area contributed by atoms with Gasteiger partial charge in [0.2, 0.25) is 15.9 Å². The van der Waals surface area contributed by atoms with Crippen LogP contribution in [0.1, 0.15) is 15.9 Å². The summed E-state index contributed by atoms with van der Waals surface area (Å²) >= 11 is 5.76. The first-order chi connectivity index (χ1) is 16.9. The number of alkyl halides is 3. The number of benzene rings is 2. The highest BCUT2D eigenvalue weighted by molar-refractivity contribution is 7.89. The normalized spacial score (nSPS) is 15.2. The van der Waals surface area contributed by atoms with Crippen molar-refractivity contribution in [2.75, 3.05) is 31.1 Å². The molecule has 2 heterocycles. The van der Waals surface area contributed by atoms with Crippen molar-refractivity contribution in [1.29, 1.82) is 0 Å². The molecule has 1 saturated heterocycles. The quantitative estimate of drug-likeness (QED) is 0.476. The molecular formula is C23H20ClF3N4O4S. The van der Waals surface area contributed by atoms with E-state index in [1.165, 1.54) is 27.4 Å². The number of rotatable bonds is 5. The van der Waals surface area contributed by atoms with Gasteiger partial charge in [-0.05, 0) is 35.9 Å². The number of phenols is 1. The standard InChI is InChI=1S/C23H20ClF3N4O4S/c24-20-11-14(23(25,26)27)12-21(29-20)30-7-9-31(10-8-30)36(34,35)15-5-6-17(19(32)13-15)16-3-1-2-4-18(16)22(28)33/h1-6,11-13,32H,7-10H2,(H2,28,33). The lowest BCUT2D eigenvalue weighted by molar-refractivity contribution is -0.137. The number of carbonyl (C=O) groups is 1. The van der Waals surface area contributed by atoms with Crippen LogP contribution < -0.4 is 10.6 Å². The maximum Gasteiger partial charge on any atom is 0.416 e. The molecule has 0 saturated carbocycles. The Labute approximate surface area is 209 Å². The summed E-state index contributed by atoms with van der Waals surface area (Å²) in [5, 5.41) is 10.2. The average molecular weight is 541 g/mol. The van der Waals surface area contributed by atoms with Crippen LogP contribution in [0, 0.1) is 0 Å². The van der Waals surface area contributed by atoms with Gasteiger partial charge in [0.1, 0.15) is 16.7 Å². The van der Waals surface area contributed by atoms with Crippen molar-refractivity contribution in [3.8, 4) is 16.9 Å². The lowest BCUT2D eigenvalue weighted by Gasteiger charge is -2.35. The Morgan fingerprint density at radius 2 is 1.67 bits per heavy atom. The Bertz CT molecular complexity index is 1430. The van der Waals surface area contributed by atoms with Crippen LogP contribution in [0.5, 0.6) is 5.75 Å². The maximum absolute atomic E-state index is 13.2. The van der Waals surface area contributed by atoms with Crippen LogP contribution in [0.4, 0.5) is 19.0 Å². The van der Waals surface area contributed by atoms with Crippen molar-refractivity contribution in [2.45, 2.75) is 11.1 Å². The second kappa shape index (κ2) is 9.60. The Hall–Kier alpha value is -3.35. The smallest absolute Gasteiger partial charge is 0.416 e. The van der Waals surface area contributed by atoms with Gasteiger partial charge in [-0.15, -0.1) is 0 Å². The molecule has 190 valence electrons. The number of amides is 1. The number of piperazine rings is 1. The first-order valence-corrected chi connectivity index (χ1v) is 12.4. The number of hydrogen-bond donors (Lipinski definition) is 2. The van der Waals surface area contributed by atoms with E-state index < -0.39 is 27.7 Å². The zero-order valence-electron chi connectivity index (χ0n) is 18.5. The molecule has 0 bridgehead atoms. The fourth-order valence-corrected chi connectivity index (χ4v) is 5.59. The molecule has 1 aliphatic heterocycles. The molecule has 36 heavy (non-hydrogen) atoms. The second-order valence-electron chi connectivity index (χ2n) is 8.01. The van der Waals surface area contributed by atoms with Crippen LogP contribution in [0.2, 0.25) is 5.15 Å². The molecule has 4 rings (SSSR count). The van der Waals surface area contributed by atoms with Crippen molar-refractivity contribution >= 4 is 33.3 Å². The van der Waals surface area contributed by atoms with Gasteiger partial charge < -0.3 is 15.7 Å². The highest BCUT2D eigenvalue weighted by Crippen LogP contribution is 2.35. The Balaban J connectivity index is 1.54. The highest BCUT2D eigenvalue weighted by atomic mass is 35.5. The van der Waals surface area contributed by atoms with Gasteiger partial charge in [-0.1, -0.05) is 29.8 Å². The minimum absolute atomic E-state index is 0.00184. The van der Waals surface area contributed by atoms with Crippen LogP contribution >= 0.6 is 11.6 Å². The summed E-state index contributed by atoms with van der Waals surface area (Å²) in [5.74, 6) is -1.05. The van der Waals surface area contributed by atoms with Crippen molar-refractivity contribution in [2.24, 2.45) is 5.73 Å². The van der Waals surface area contributed by atoms with Crippen molar-refractivity contribution in [3.05, 3.63) is 70.9 Å². The van der Waals surface area contributed by atoms with Gasteiger partial charge in [0.15, 0.2) is 0 Å². The summed E-state index contributed by atoms with van der Waals surface area (Å²) in [6, 6.07) is 11.7. The van der Waals surface area contributed by atoms with Crippen molar-refractivity contribution < 1.29 is 31.5 Å². The van der Waals surface area contributed by atoms with Gasteiger partial charge in [-0.3, -0.25) is 4.79 Å². The number of aromatic nitrogens is 1. The first-order valence-electron chi connectivity index (χ1n) is 10.6. The monoisotopic (exact) mass is 540 g/mol. The number of anilines is 1. The number of primary amides is 1. The number of hydrogen-bond acceptors (Lipinski definition) is 6. The molecule has 0 aliphatic carbocycles. The van der Waals surface area contributed by atoms with E-state index in [-0.39, 0.29) is 58.9 Å². The van der Waals surface area contributed by atoms with Crippen LogP contribution in [-0.2, 0) is 16.2 Å². The molecule has 0 unspecified atom stereocenters. The largest absolute Gasteiger partial charge is 0.507 e. The fraction of sp³-hybridized carbons (Fsp3) is 0.217. The third-order valence-electron chi connectivity index (χ3n) is 5.76. The summed E-state index contributed by atoms with van der Waals surface area (Å²) in [6.45, 7) is 0.121. The third kappa shape index (κ3) is 5.11. The van der Waals surface area contributed by atoms with Crippen LogP contribution in [-0.4, -0.2) is 54.9 Å². The van der Waals surface area contributed by atoms with E-state index in [0.29, 0.717) is 5.56 Å². The van der Waals surface area contributed by atoms with Crippen LogP contribution in [0.3, 0.4) is 0 Å². The van der Waals surface area contributed by atoms with Gasteiger partial charge in [0.05, 0.1) is 10.5 Å². The maximum atomic E-state index is 13.2. The Morgan fingerprint density at radius 3 is 2.28 bits per heavy atom. The van der Waals surface area contributed by atoms with Crippen molar-refractivity contribution in [3.63, 3.8) is 0 Å². The molecule has 3 aromatic rings. The van der Waals surface area contributed by atoms with E-state index in [1.807, 2.05) is 0 Å². The van der Waals surface area contributed by atoms with Gasteiger partial charge >= 0.3 is 6.18 Å². The number of phenolic OH excluding ortho intramolecular Hbond substituents is 1. The molecule has 0 atom stereocenters.